The molecular weight excluding hydrogens is 210 g/mol. The fraction of sp³-hybridized carbons (Fsp3) is 0.250. The molecule has 0 saturated heterocycles. The zero-order chi connectivity index (χ0) is 11.3. The third-order valence-corrected chi connectivity index (χ3v) is 2.10. The molecule has 0 aromatic heterocycles. The zero-order valence-corrected chi connectivity index (χ0v) is 9.66. The van der Waals surface area contributed by atoms with Gasteiger partial charge in [0.05, 0.1) is 0 Å². The van der Waals surface area contributed by atoms with E-state index in [1.165, 1.54) is 0 Å². The van der Waals surface area contributed by atoms with Crippen LogP contribution in [0.4, 0.5) is 0 Å². The number of hydrogen-bond acceptors (Lipinski definition) is 2. The molecule has 1 aromatic rings. The van der Waals surface area contributed by atoms with Gasteiger partial charge >= 0.3 is 0 Å². The van der Waals surface area contributed by atoms with Crippen molar-refractivity contribution >= 4 is 17.4 Å². The van der Waals surface area contributed by atoms with E-state index in [0.29, 0.717) is 11.4 Å². The number of nitrogens with zero attached hydrogens (tertiary/aromatic N) is 1. The SMILES string of the molecule is CN(C)C=CC(=O)Cc1ccc(Cl)cc1. The van der Waals surface area contributed by atoms with Gasteiger partial charge in [0.25, 0.3) is 0 Å². The van der Waals surface area contributed by atoms with E-state index in [-0.39, 0.29) is 5.78 Å². The topological polar surface area (TPSA) is 20.3 Å². The van der Waals surface area contributed by atoms with E-state index >= 15 is 0 Å². The van der Waals surface area contributed by atoms with Crippen LogP contribution in [-0.2, 0) is 11.2 Å². The second-order valence-corrected chi connectivity index (χ2v) is 3.99. The number of rotatable bonds is 4. The highest BCUT2D eigenvalue weighted by Crippen LogP contribution is 2.10. The monoisotopic (exact) mass is 223 g/mol. The molecule has 2 nitrogen and oxygen atoms in total. The normalized spacial score (nSPS) is 10.6. The summed E-state index contributed by atoms with van der Waals surface area (Å²) in [7, 11) is 3.76. The highest BCUT2D eigenvalue weighted by atomic mass is 35.5. The van der Waals surface area contributed by atoms with Crippen LogP contribution in [0.3, 0.4) is 0 Å². The fourth-order valence-corrected chi connectivity index (χ4v) is 1.22. The Morgan fingerprint density at radius 1 is 1.33 bits per heavy atom. The Bertz CT molecular complexity index is 354. The van der Waals surface area contributed by atoms with Gasteiger partial charge in [-0.1, -0.05) is 23.7 Å². The van der Waals surface area contributed by atoms with Gasteiger partial charge in [0.2, 0.25) is 0 Å². The number of hydrogen-bond donors (Lipinski definition) is 0. The summed E-state index contributed by atoms with van der Waals surface area (Å²) in [6.07, 6.45) is 3.74. The van der Waals surface area contributed by atoms with Crippen LogP contribution in [0.25, 0.3) is 0 Å². The molecule has 0 fully saturated rings. The summed E-state index contributed by atoms with van der Waals surface area (Å²) < 4.78 is 0. The van der Waals surface area contributed by atoms with Gasteiger partial charge in [0.15, 0.2) is 5.78 Å². The first-order chi connectivity index (χ1) is 7.08. The van der Waals surface area contributed by atoms with Crippen LogP contribution < -0.4 is 0 Å². The molecule has 0 atom stereocenters. The first-order valence-electron chi connectivity index (χ1n) is 4.70. The summed E-state index contributed by atoms with van der Waals surface area (Å²) >= 11 is 5.75. The van der Waals surface area contributed by atoms with Crippen molar-refractivity contribution in [2.45, 2.75) is 6.42 Å². The Morgan fingerprint density at radius 2 is 1.93 bits per heavy atom. The molecule has 0 bridgehead atoms. The quantitative estimate of drug-likeness (QED) is 0.732. The number of halogens is 1. The van der Waals surface area contributed by atoms with Crippen LogP contribution in [0, 0.1) is 0 Å². The van der Waals surface area contributed by atoms with Gasteiger partial charge in [-0.25, -0.2) is 0 Å². The summed E-state index contributed by atoms with van der Waals surface area (Å²) in [5.41, 5.74) is 0.979. The molecule has 0 radical (unpaired) electrons. The Labute approximate surface area is 95.2 Å². The third kappa shape index (κ3) is 4.66. The van der Waals surface area contributed by atoms with Crippen LogP contribution in [-0.4, -0.2) is 24.8 Å². The van der Waals surface area contributed by atoms with Gasteiger partial charge in [0.1, 0.15) is 0 Å². The van der Waals surface area contributed by atoms with Crippen LogP contribution in [0.1, 0.15) is 5.56 Å². The Balaban J connectivity index is 2.55. The lowest BCUT2D eigenvalue weighted by Gasteiger charge is -2.02. The van der Waals surface area contributed by atoms with E-state index in [4.69, 9.17) is 11.6 Å². The zero-order valence-electron chi connectivity index (χ0n) is 8.90. The summed E-state index contributed by atoms with van der Waals surface area (Å²) in [6, 6.07) is 7.31. The largest absolute Gasteiger partial charge is 0.383 e. The van der Waals surface area contributed by atoms with E-state index in [0.717, 1.165) is 5.56 Å². The van der Waals surface area contributed by atoms with E-state index in [1.807, 2.05) is 31.1 Å². The van der Waals surface area contributed by atoms with Crippen molar-refractivity contribution in [2.75, 3.05) is 14.1 Å². The van der Waals surface area contributed by atoms with Crippen molar-refractivity contribution in [3.8, 4) is 0 Å². The van der Waals surface area contributed by atoms with Crippen LogP contribution in [0.5, 0.6) is 0 Å². The van der Waals surface area contributed by atoms with Gasteiger partial charge in [-0.15, -0.1) is 0 Å². The number of carbonyl (C=O) groups is 1. The van der Waals surface area contributed by atoms with Gasteiger partial charge in [-0.2, -0.15) is 0 Å². The van der Waals surface area contributed by atoms with Crippen molar-refractivity contribution in [3.63, 3.8) is 0 Å². The van der Waals surface area contributed by atoms with Gasteiger partial charge < -0.3 is 4.90 Å². The third-order valence-electron chi connectivity index (χ3n) is 1.85. The summed E-state index contributed by atoms with van der Waals surface area (Å²) in [4.78, 5) is 13.3. The van der Waals surface area contributed by atoms with Crippen molar-refractivity contribution < 1.29 is 4.79 Å². The molecular formula is C12H14ClNO. The number of benzene rings is 1. The maximum absolute atomic E-state index is 11.5. The minimum absolute atomic E-state index is 0.0889. The molecule has 3 heteroatoms. The average Bonchev–Trinajstić information content (AvgIpc) is 2.19. The van der Waals surface area contributed by atoms with Crippen LogP contribution >= 0.6 is 11.6 Å². The van der Waals surface area contributed by atoms with E-state index < -0.39 is 0 Å². The lowest BCUT2D eigenvalue weighted by Crippen LogP contribution is -2.04. The highest BCUT2D eigenvalue weighted by molar-refractivity contribution is 6.30. The molecule has 1 rings (SSSR count). The summed E-state index contributed by atoms with van der Waals surface area (Å²) in [5, 5.41) is 0.690. The molecule has 0 heterocycles. The molecule has 0 unspecified atom stereocenters. The molecule has 15 heavy (non-hydrogen) atoms. The van der Waals surface area contributed by atoms with Gasteiger partial charge in [0, 0.05) is 31.7 Å². The maximum Gasteiger partial charge on any atom is 0.161 e. The molecule has 0 aliphatic carbocycles. The Morgan fingerprint density at radius 3 is 2.47 bits per heavy atom. The minimum atomic E-state index is 0.0889. The van der Waals surface area contributed by atoms with Crippen LogP contribution in [0.2, 0.25) is 5.02 Å². The second-order valence-electron chi connectivity index (χ2n) is 3.55. The minimum Gasteiger partial charge on any atom is -0.383 e. The Hall–Kier alpha value is -1.28. The highest BCUT2D eigenvalue weighted by Gasteiger charge is 1.99. The van der Waals surface area contributed by atoms with E-state index in [1.54, 1.807) is 24.4 Å². The van der Waals surface area contributed by atoms with E-state index in [2.05, 4.69) is 0 Å². The summed E-state index contributed by atoms with van der Waals surface area (Å²) in [6.45, 7) is 0. The lowest BCUT2D eigenvalue weighted by molar-refractivity contribution is -0.114. The van der Waals surface area contributed by atoms with E-state index in [9.17, 15) is 4.79 Å². The van der Waals surface area contributed by atoms with Crippen LogP contribution in [0.15, 0.2) is 36.5 Å². The first kappa shape index (κ1) is 11.8. The predicted molar refractivity (Wildman–Crippen MR) is 63.0 cm³/mol. The molecule has 0 aliphatic heterocycles. The standard InChI is InChI=1S/C12H14ClNO/c1-14(2)8-7-12(15)9-10-3-5-11(13)6-4-10/h3-8H,9H2,1-2H3. The smallest absolute Gasteiger partial charge is 0.161 e. The fourth-order valence-electron chi connectivity index (χ4n) is 1.09. The number of ketones is 1. The van der Waals surface area contributed by atoms with Crippen molar-refractivity contribution in [3.05, 3.63) is 47.1 Å². The average molecular weight is 224 g/mol. The molecule has 80 valence electrons. The molecule has 0 amide bonds. The van der Waals surface area contributed by atoms with Crippen molar-refractivity contribution in [1.29, 1.82) is 0 Å². The molecule has 0 spiro atoms. The number of carbonyl (C=O) groups excluding carboxylic acids is 1. The van der Waals surface area contributed by atoms with Crippen molar-refractivity contribution in [2.24, 2.45) is 0 Å². The second kappa shape index (κ2) is 5.56. The maximum atomic E-state index is 11.5. The summed E-state index contributed by atoms with van der Waals surface area (Å²) in [5.74, 6) is 0.0889. The van der Waals surface area contributed by atoms with Crippen molar-refractivity contribution in [1.82, 2.24) is 4.90 Å². The van der Waals surface area contributed by atoms with Gasteiger partial charge in [-0.05, 0) is 23.8 Å². The Kier molecular flexibility index (Phi) is 4.37. The molecule has 0 aliphatic rings. The first-order valence-corrected chi connectivity index (χ1v) is 5.07. The molecule has 0 saturated carbocycles. The van der Waals surface area contributed by atoms with Gasteiger partial charge in [-0.3, -0.25) is 4.79 Å². The number of allylic oxidation sites excluding steroid dienone is 1. The predicted octanol–water partition coefficient (Wildman–Crippen LogP) is 2.53. The molecule has 0 N–H and O–H groups in total. The molecule has 1 aromatic carbocycles. The lowest BCUT2D eigenvalue weighted by atomic mass is 10.1.